The lowest BCUT2D eigenvalue weighted by Gasteiger charge is -2.17. The third kappa shape index (κ3) is 4.42. The molecular weight excluding hydrogens is 417 g/mol. The van der Waals surface area contributed by atoms with Gasteiger partial charge >= 0.3 is 18.0 Å². The zero-order chi connectivity index (χ0) is 22.1. The van der Waals surface area contributed by atoms with Crippen molar-refractivity contribution in [1.29, 1.82) is 0 Å². The quantitative estimate of drug-likeness (QED) is 0.545. The molecule has 0 saturated heterocycles. The van der Waals surface area contributed by atoms with E-state index in [4.69, 9.17) is 0 Å². The largest absolute Gasteiger partial charge is 0.471 e. The van der Waals surface area contributed by atoms with Crippen LogP contribution in [0.15, 0.2) is 60.8 Å². The Morgan fingerprint density at radius 2 is 1.47 bits per heavy atom. The lowest BCUT2D eigenvalue weighted by molar-refractivity contribution is -0.167. The Kier molecular flexibility index (Phi) is 5.51. The molecular formula is C20H11F7N2O. The van der Waals surface area contributed by atoms with E-state index in [9.17, 15) is 35.5 Å². The minimum atomic E-state index is -5.03. The highest BCUT2D eigenvalue weighted by molar-refractivity contribution is 5.95. The Labute approximate surface area is 165 Å². The van der Waals surface area contributed by atoms with Crippen LogP contribution in [0, 0.1) is 11.6 Å². The first kappa shape index (κ1) is 21.3. The number of anilines is 1. The maximum atomic E-state index is 14.5. The second-order valence-corrected chi connectivity index (χ2v) is 6.16. The second kappa shape index (κ2) is 7.77. The van der Waals surface area contributed by atoms with Crippen molar-refractivity contribution >= 4 is 11.6 Å². The van der Waals surface area contributed by atoms with Crippen LogP contribution in [0.5, 0.6) is 0 Å². The summed E-state index contributed by atoms with van der Waals surface area (Å²) in [5.74, 6) is -8.36. The number of rotatable bonds is 4. The van der Waals surface area contributed by atoms with Gasteiger partial charge in [0.15, 0.2) is 0 Å². The number of nitrogens with zero attached hydrogens (tertiary/aromatic N) is 1. The highest BCUT2D eigenvalue weighted by atomic mass is 19.4. The summed E-state index contributed by atoms with van der Waals surface area (Å²) in [5.41, 5.74) is -1.14. The van der Waals surface area contributed by atoms with Gasteiger partial charge < -0.3 is 5.32 Å². The standard InChI is InChI=1S/C20H11F7N2O/c21-13-4-7-15(16(22)9-13)19(23,24)17-8-3-12(10-28-17)11-1-5-14(6-2-11)29-18(30)20(25,26)27/h1-10H,(H,29,30). The van der Waals surface area contributed by atoms with Gasteiger partial charge in [-0.25, -0.2) is 8.78 Å². The number of alkyl halides is 5. The Morgan fingerprint density at radius 3 is 2.00 bits per heavy atom. The molecule has 0 radical (unpaired) electrons. The molecule has 0 bridgehead atoms. The summed E-state index contributed by atoms with van der Waals surface area (Å²) >= 11 is 0. The molecule has 0 aliphatic carbocycles. The number of hydrogen-bond acceptors (Lipinski definition) is 2. The summed E-state index contributed by atoms with van der Waals surface area (Å²) in [6, 6.07) is 9.04. The molecule has 30 heavy (non-hydrogen) atoms. The molecule has 2 aromatic carbocycles. The summed E-state index contributed by atoms with van der Waals surface area (Å²) in [6.45, 7) is 0. The molecule has 0 aliphatic rings. The highest BCUT2D eigenvalue weighted by Crippen LogP contribution is 2.36. The Balaban J connectivity index is 1.81. The van der Waals surface area contributed by atoms with Crippen molar-refractivity contribution in [2.24, 2.45) is 0 Å². The minimum Gasteiger partial charge on any atom is -0.318 e. The van der Waals surface area contributed by atoms with Crippen LogP contribution in [-0.2, 0) is 10.7 Å². The monoisotopic (exact) mass is 428 g/mol. The minimum absolute atomic E-state index is 0.107. The number of carbonyl (C=O) groups excluding carboxylic acids is 1. The first-order valence-corrected chi connectivity index (χ1v) is 8.27. The third-order valence-electron chi connectivity index (χ3n) is 4.09. The van der Waals surface area contributed by atoms with Gasteiger partial charge in [0.2, 0.25) is 0 Å². The molecule has 1 amide bonds. The van der Waals surface area contributed by atoms with Crippen molar-refractivity contribution in [3.8, 4) is 11.1 Å². The molecule has 0 spiro atoms. The Morgan fingerprint density at radius 1 is 0.833 bits per heavy atom. The molecule has 1 heterocycles. The van der Waals surface area contributed by atoms with E-state index < -0.39 is 40.9 Å². The van der Waals surface area contributed by atoms with Crippen molar-refractivity contribution < 1.29 is 35.5 Å². The number of amides is 1. The highest BCUT2D eigenvalue weighted by Gasteiger charge is 2.39. The van der Waals surface area contributed by atoms with E-state index in [1.165, 1.54) is 30.3 Å². The van der Waals surface area contributed by atoms with Gasteiger partial charge in [-0.1, -0.05) is 18.2 Å². The van der Waals surface area contributed by atoms with Gasteiger partial charge in [-0.2, -0.15) is 22.0 Å². The molecule has 10 heteroatoms. The maximum absolute atomic E-state index is 14.5. The molecule has 0 unspecified atom stereocenters. The predicted octanol–water partition coefficient (Wildman–Crippen LogP) is 5.67. The lowest BCUT2D eigenvalue weighted by atomic mass is 10.0. The van der Waals surface area contributed by atoms with Crippen molar-refractivity contribution in [2.75, 3.05) is 5.32 Å². The average molecular weight is 428 g/mol. The topological polar surface area (TPSA) is 42.0 Å². The SMILES string of the molecule is O=C(Nc1ccc(-c2ccc(C(F)(F)c3ccc(F)cc3F)nc2)cc1)C(F)(F)F. The molecule has 0 fully saturated rings. The van der Waals surface area contributed by atoms with Gasteiger partial charge in [-0.05, 0) is 35.9 Å². The summed E-state index contributed by atoms with van der Waals surface area (Å²) in [7, 11) is 0. The lowest BCUT2D eigenvalue weighted by Crippen LogP contribution is -2.29. The fraction of sp³-hybridized carbons (Fsp3) is 0.100. The number of hydrogen-bond donors (Lipinski definition) is 1. The van der Waals surface area contributed by atoms with Crippen LogP contribution in [-0.4, -0.2) is 17.1 Å². The zero-order valence-electron chi connectivity index (χ0n) is 14.8. The molecule has 3 rings (SSSR count). The van der Waals surface area contributed by atoms with Crippen LogP contribution in [0.2, 0.25) is 0 Å². The number of halogens is 7. The number of pyridine rings is 1. The summed E-state index contributed by atoms with van der Waals surface area (Å²) in [5, 5.41) is 1.68. The Hall–Kier alpha value is -3.43. The predicted molar refractivity (Wildman–Crippen MR) is 93.7 cm³/mol. The number of nitrogens with one attached hydrogen (secondary N) is 1. The molecule has 0 saturated carbocycles. The number of benzene rings is 2. The van der Waals surface area contributed by atoms with Crippen molar-refractivity contribution in [2.45, 2.75) is 12.1 Å². The molecule has 0 atom stereocenters. The molecule has 3 aromatic rings. The van der Waals surface area contributed by atoms with Gasteiger partial charge in [0, 0.05) is 23.5 Å². The van der Waals surface area contributed by atoms with Crippen molar-refractivity contribution in [3.63, 3.8) is 0 Å². The Bertz CT molecular complexity index is 1060. The van der Waals surface area contributed by atoms with E-state index >= 15 is 0 Å². The van der Waals surface area contributed by atoms with E-state index in [0.717, 1.165) is 12.3 Å². The zero-order valence-corrected chi connectivity index (χ0v) is 14.8. The van der Waals surface area contributed by atoms with Gasteiger partial charge in [0.05, 0.1) is 5.56 Å². The summed E-state index contributed by atoms with van der Waals surface area (Å²) in [4.78, 5) is 14.6. The van der Waals surface area contributed by atoms with Crippen LogP contribution in [0.25, 0.3) is 11.1 Å². The van der Waals surface area contributed by atoms with Crippen LogP contribution in [0.3, 0.4) is 0 Å². The van der Waals surface area contributed by atoms with Crippen molar-refractivity contribution in [3.05, 3.63) is 83.7 Å². The molecule has 1 aromatic heterocycles. The van der Waals surface area contributed by atoms with E-state index in [1.54, 1.807) is 5.32 Å². The van der Waals surface area contributed by atoms with Crippen LogP contribution >= 0.6 is 0 Å². The fourth-order valence-corrected chi connectivity index (χ4v) is 2.58. The van der Waals surface area contributed by atoms with Crippen molar-refractivity contribution in [1.82, 2.24) is 4.98 Å². The third-order valence-corrected chi connectivity index (χ3v) is 4.09. The number of aromatic nitrogens is 1. The average Bonchev–Trinajstić information content (AvgIpc) is 2.67. The molecule has 156 valence electrons. The smallest absolute Gasteiger partial charge is 0.318 e. The van der Waals surface area contributed by atoms with Gasteiger partial charge in [-0.3, -0.25) is 9.78 Å². The van der Waals surface area contributed by atoms with Gasteiger partial charge in [-0.15, -0.1) is 0 Å². The first-order chi connectivity index (χ1) is 14.0. The van der Waals surface area contributed by atoms with E-state index in [1.807, 2.05) is 0 Å². The summed E-state index contributed by atoms with van der Waals surface area (Å²) in [6.07, 6.45) is -3.96. The fourth-order valence-electron chi connectivity index (χ4n) is 2.58. The van der Waals surface area contributed by atoms with Crippen LogP contribution < -0.4 is 5.32 Å². The van der Waals surface area contributed by atoms with Crippen LogP contribution in [0.1, 0.15) is 11.3 Å². The second-order valence-electron chi connectivity index (χ2n) is 6.16. The summed E-state index contributed by atoms with van der Waals surface area (Å²) < 4.78 is 92.5. The molecule has 0 aliphatic heterocycles. The maximum Gasteiger partial charge on any atom is 0.471 e. The van der Waals surface area contributed by atoms with E-state index in [2.05, 4.69) is 4.98 Å². The normalized spacial score (nSPS) is 12.0. The first-order valence-electron chi connectivity index (χ1n) is 8.27. The van der Waals surface area contributed by atoms with Gasteiger partial charge in [0.1, 0.15) is 17.3 Å². The van der Waals surface area contributed by atoms with Crippen LogP contribution in [0.4, 0.5) is 36.4 Å². The van der Waals surface area contributed by atoms with E-state index in [-0.39, 0.29) is 5.69 Å². The molecule has 1 N–H and O–H groups in total. The van der Waals surface area contributed by atoms with E-state index in [0.29, 0.717) is 29.3 Å². The van der Waals surface area contributed by atoms with Gasteiger partial charge in [0.25, 0.3) is 0 Å². The number of carbonyl (C=O) groups is 1. The molecule has 3 nitrogen and oxygen atoms in total.